The number of ether oxygens (including phenoxy) is 1. The van der Waals surface area contributed by atoms with Gasteiger partial charge >= 0.3 is 0 Å². The lowest BCUT2D eigenvalue weighted by molar-refractivity contribution is 0.0703. The maximum absolute atomic E-state index is 13.5. The number of aryl methyl sites for hydroxylation is 1. The highest BCUT2D eigenvalue weighted by Gasteiger charge is 2.51. The number of fused-ring (bicyclic) bond motifs is 2. The topological polar surface area (TPSA) is 73.1 Å². The van der Waals surface area contributed by atoms with Crippen LogP contribution < -0.4 is 4.74 Å². The number of aromatic nitrogens is 4. The summed E-state index contributed by atoms with van der Waals surface area (Å²) >= 11 is 3.12. The molecule has 6 rings (SSSR count). The highest BCUT2D eigenvalue weighted by Crippen LogP contribution is 2.52. The Hall–Kier alpha value is -3.17. The summed E-state index contributed by atoms with van der Waals surface area (Å²) in [5.41, 5.74) is 4.14. The predicted octanol–water partition coefficient (Wildman–Crippen LogP) is 7.04. The molecule has 0 N–H and O–H groups in total. The maximum Gasteiger partial charge on any atom is 0.273 e. The number of methoxy groups -OCH3 is 1. The fourth-order valence-electron chi connectivity index (χ4n) is 6.69. The number of likely N-dealkylation sites (tertiary alicyclic amines) is 1. The number of thioether (sulfide) groups is 1. The fraction of sp³-hybridized carbons (Fsp3) is 0.419. The Balaban J connectivity index is 1.23. The maximum atomic E-state index is 13.5. The first-order valence-electron chi connectivity index (χ1n) is 13.7. The summed E-state index contributed by atoms with van der Waals surface area (Å²) in [6.45, 7) is 9.90. The number of rotatable bonds is 7. The summed E-state index contributed by atoms with van der Waals surface area (Å²) in [5.74, 6) is 2.19. The number of carbonyl (C=O) groups excluding carboxylic acids is 1. The first-order valence-corrected chi connectivity index (χ1v) is 15.5. The largest absolute Gasteiger partial charge is 0.497 e. The molecule has 0 radical (unpaired) electrons. The summed E-state index contributed by atoms with van der Waals surface area (Å²) in [6, 6.07) is 16.5. The normalized spacial score (nSPS) is 21.5. The Morgan fingerprint density at radius 2 is 1.93 bits per heavy atom. The van der Waals surface area contributed by atoms with E-state index in [0.29, 0.717) is 17.5 Å². The van der Waals surface area contributed by atoms with Crippen molar-refractivity contribution in [1.29, 1.82) is 0 Å². The van der Waals surface area contributed by atoms with Gasteiger partial charge in [-0.15, -0.1) is 21.5 Å². The van der Waals surface area contributed by atoms with Gasteiger partial charge in [0.2, 0.25) is 0 Å². The van der Waals surface area contributed by atoms with Crippen molar-refractivity contribution in [2.45, 2.75) is 63.9 Å². The van der Waals surface area contributed by atoms with Crippen LogP contribution in [0.3, 0.4) is 0 Å². The van der Waals surface area contributed by atoms with Crippen molar-refractivity contribution in [3.8, 4) is 22.8 Å². The van der Waals surface area contributed by atoms with Crippen molar-refractivity contribution in [3.63, 3.8) is 0 Å². The molecular weight excluding hydrogens is 539 g/mol. The molecule has 2 aromatic heterocycles. The van der Waals surface area contributed by atoms with Gasteiger partial charge in [-0.05, 0) is 61.3 Å². The molecule has 7 nitrogen and oxygen atoms in total. The zero-order chi connectivity index (χ0) is 28.1. The molecule has 1 saturated heterocycles. The van der Waals surface area contributed by atoms with Gasteiger partial charge < -0.3 is 9.64 Å². The second-order valence-corrected chi connectivity index (χ2v) is 14.2. The molecule has 9 heteroatoms. The third-order valence-electron chi connectivity index (χ3n) is 8.02. The van der Waals surface area contributed by atoms with Crippen molar-refractivity contribution in [2.75, 3.05) is 13.7 Å². The molecule has 0 spiro atoms. The molecule has 2 fully saturated rings. The zero-order valence-electron chi connectivity index (χ0n) is 23.7. The van der Waals surface area contributed by atoms with Crippen LogP contribution in [0.4, 0.5) is 0 Å². The van der Waals surface area contributed by atoms with Crippen LogP contribution in [0.15, 0.2) is 59.1 Å². The van der Waals surface area contributed by atoms with E-state index in [1.165, 1.54) is 23.3 Å². The minimum absolute atomic E-state index is 0.0714. The van der Waals surface area contributed by atoms with Gasteiger partial charge in [-0.25, -0.2) is 4.98 Å². The van der Waals surface area contributed by atoms with Crippen LogP contribution in [0.5, 0.6) is 5.75 Å². The van der Waals surface area contributed by atoms with Crippen molar-refractivity contribution in [1.82, 2.24) is 24.6 Å². The summed E-state index contributed by atoms with van der Waals surface area (Å²) in [6.07, 6.45) is 3.32. The van der Waals surface area contributed by atoms with E-state index in [1.54, 1.807) is 18.9 Å². The third kappa shape index (κ3) is 5.29. The lowest BCUT2D eigenvalue weighted by Crippen LogP contribution is -2.37. The lowest BCUT2D eigenvalue weighted by Gasteiger charge is -2.39. The van der Waals surface area contributed by atoms with Gasteiger partial charge in [-0.1, -0.05) is 62.4 Å². The van der Waals surface area contributed by atoms with E-state index in [1.807, 2.05) is 29.6 Å². The quantitative estimate of drug-likeness (QED) is 0.221. The average Bonchev–Trinajstić information content (AvgIpc) is 3.62. The molecule has 1 amide bonds. The summed E-state index contributed by atoms with van der Waals surface area (Å²) in [4.78, 5) is 20.4. The monoisotopic (exact) mass is 573 g/mol. The van der Waals surface area contributed by atoms with Gasteiger partial charge in [0.1, 0.15) is 16.5 Å². The Labute approximate surface area is 244 Å². The Morgan fingerprint density at radius 1 is 1.12 bits per heavy atom. The number of carbonyl (C=O) groups is 1. The molecule has 2 bridgehead atoms. The predicted molar refractivity (Wildman–Crippen MR) is 160 cm³/mol. The van der Waals surface area contributed by atoms with Crippen LogP contribution in [-0.2, 0) is 5.75 Å². The minimum atomic E-state index is 0.0714. The number of hydrogen-bond donors (Lipinski definition) is 0. The second-order valence-electron chi connectivity index (χ2n) is 12.3. The molecule has 3 heterocycles. The van der Waals surface area contributed by atoms with Crippen molar-refractivity contribution in [2.24, 2.45) is 10.8 Å². The molecule has 2 aliphatic rings. The molecular formula is C31H35N5O2S2. The van der Waals surface area contributed by atoms with Crippen molar-refractivity contribution in [3.05, 3.63) is 70.2 Å². The number of amides is 1. The highest BCUT2D eigenvalue weighted by atomic mass is 32.2. The number of hydrogen-bond acceptors (Lipinski definition) is 7. The molecule has 2 unspecified atom stereocenters. The van der Waals surface area contributed by atoms with Gasteiger partial charge in [0.15, 0.2) is 11.0 Å². The zero-order valence-corrected chi connectivity index (χ0v) is 25.3. The molecule has 1 saturated carbocycles. The Bertz CT molecular complexity index is 1540. The van der Waals surface area contributed by atoms with Gasteiger partial charge in [-0.2, -0.15) is 0 Å². The van der Waals surface area contributed by atoms with E-state index in [2.05, 4.69) is 71.6 Å². The van der Waals surface area contributed by atoms with E-state index >= 15 is 0 Å². The lowest BCUT2D eigenvalue weighted by atomic mass is 9.65. The van der Waals surface area contributed by atoms with Crippen LogP contribution in [0, 0.1) is 17.8 Å². The summed E-state index contributed by atoms with van der Waals surface area (Å²) < 4.78 is 7.52. The van der Waals surface area contributed by atoms with Gasteiger partial charge in [-0.3, -0.25) is 9.36 Å². The van der Waals surface area contributed by atoms with Crippen LogP contribution in [0.25, 0.3) is 17.1 Å². The van der Waals surface area contributed by atoms with Crippen LogP contribution in [0.2, 0.25) is 0 Å². The first-order chi connectivity index (χ1) is 19.1. The molecule has 2 aromatic carbocycles. The van der Waals surface area contributed by atoms with Crippen molar-refractivity contribution >= 4 is 29.0 Å². The molecule has 4 aromatic rings. The van der Waals surface area contributed by atoms with Gasteiger partial charge in [0, 0.05) is 29.2 Å². The molecule has 1 aliphatic heterocycles. The third-order valence-corrected chi connectivity index (χ3v) is 10.00. The van der Waals surface area contributed by atoms with Crippen LogP contribution in [0.1, 0.15) is 61.1 Å². The first kappa shape index (κ1) is 27.0. The summed E-state index contributed by atoms with van der Waals surface area (Å²) in [5, 5.41) is 12.7. The van der Waals surface area contributed by atoms with E-state index in [0.717, 1.165) is 52.4 Å². The van der Waals surface area contributed by atoms with Crippen LogP contribution in [-0.4, -0.2) is 50.3 Å². The Kier molecular flexibility index (Phi) is 6.99. The van der Waals surface area contributed by atoms with Gasteiger partial charge in [0.25, 0.3) is 5.91 Å². The van der Waals surface area contributed by atoms with E-state index in [4.69, 9.17) is 9.72 Å². The average molecular weight is 574 g/mol. The van der Waals surface area contributed by atoms with E-state index in [9.17, 15) is 4.79 Å². The summed E-state index contributed by atoms with van der Waals surface area (Å²) in [7, 11) is 1.66. The molecule has 1 aliphatic carbocycles. The fourth-order valence-corrected chi connectivity index (χ4v) is 8.42. The molecule has 2 atom stereocenters. The number of benzene rings is 2. The van der Waals surface area contributed by atoms with E-state index in [-0.39, 0.29) is 16.7 Å². The number of thiazole rings is 1. The second kappa shape index (κ2) is 10.3. The SMILES string of the molecule is COc1cccc(-c2nnc(SCc3nc(C(=O)N4CC5(C)CC4CC(C)(C)C5)cs3)n2-c2ccc(C)cc2)c1. The highest BCUT2D eigenvalue weighted by molar-refractivity contribution is 7.98. The van der Waals surface area contributed by atoms with Gasteiger partial charge in [0.05, 0.1) is 12.9 Å². The number of nitrogens with zero attached hydrogens (tertiary/aromatic N) is 5. The minimum Gasteiger partial charge on any atom is -0.497 e. The van der Waals surface area contributed by atoms with Crippen LogP contribution >= 0.6 is 23.1 Å². The molecule has 208 valence electrons. The van der Waals surface area contributed by atoms with Crippen molar-refractivity contribution < 1.29 is 9.53 Å². The smallest absolute Gasteiger partial charge is 0.273 e. The van der Waals surface area contributed by atoms with E-state index < -0.39 is 0 Å². The standard InChI is InChI=1S/C31H35N5O2S2/c1-20-9-11-22(12-10-20)36-27(21-7-6-8-24(13-21)38-5)33-34-29(36)40-17-26-32-25(16-39-26)28(37)35-19-31(4)15-23(35)14-30(2,3)18-31/h6-13,16,23H,14-15,17-19H2,1-5H3. The molecule has 40 heavy (non-hydrogen) atoms. The Morgan fingerprint density at radius 3 is 2.70 bits per heavy atom.